The lowest BCUT2D eigenvalue weighted by Gasteiger charge is -1.78. The van der Waals surface area contributed by atoms with E-state index in [1.54, 1.807) is 4.68 Å². The first-order valence-electron chi connectivity index (χ1n) is 2.47. The summed E-state index contributed by atoms with van der Waals surface area (Å²) in [5.74, 6) is 0. The quantitative estimate of drug-likeness (QED) is 0.596. The predicted molar refractivity (Wildman–Crippen MR) is 39.0 cm³/mol. The maximum Gasteiger partial charge on any atom is 0.0917 e. The summed E-state index contributed by atoms with van der Waals surface area (Å²) in [6.45, 7) is 0. The highest BCUT2D eigenvalue weighted by Gasteiger charge is 1.92. The Kier molecular flexibility index (Phi) is 2.25. The smallest absolute Gasteiger partial charge is 0.0917 e. The highest BCUT2D eigenvalue weighted by atomic mass is 32.4. The van der Waals surface area contributed by atoms with Gasteiger partial charge in [-0.2, -0.15) is 0 Å². The topological polar surface area (TPSA) is 30.7 Å². The third kappa shape index (κ3) is 1.80. The molecule has 5 heteroatoms. The summed E-state index contributed by atoms with van der Waals surface area (Å²) in [5, 5.41) is 7.60. The Morgan fingerprint density at radius 1 is 1.89 bits per heavy atom. The number of aromatic nitrogens is 3. The summed E-state index contributed by atoms with van der Waals surface area (Å²) in [6, 6.07) is 0. The molecule has 0 aliphatic rings. The third-order valence-electron chi connectivity index (χ3n) is 0.877. The van der Waals surface area contributed by atoms with E-state index in [4.69, 9.17) is 11.8 Å². The molecule has 0 unspecified atom stereocenters. The monoisotopic (exact) mass is 159 g/mol. The molecule has 48 valence electrons. The highest BCUT2D eigenvalue weighted by Crippen LogP contribution is 2.03. The fourth-order valence-electron chi connectivity index (χ4n) is 0.534. The van der Waals surface area contributed by atoms with E-state index in [0.717, 1.165) is 19.2 Å². The zero-order valence-corrected chi connectivity index (χ0v) is 6.69. The average Bonchev–Trinajstić information content (AvgIpc) is 2.17. The van der Waals surface area contributed by atoms with Crippen molar-refractivity contribution < 1.29 is 0 Å². The van der Waals surface area contributed by atoms with E-state index in [1.165, 1.54) is 0 Å². The van der Waals surface area contributed by atoms with Crippen LogP contribution in [0.25, 0.3) is 0 Å². The van der Waals surface area contributed by atoms with Crippen LogP contribution in [-0.2, 0) is 25.0 Å². The highest BCUT2D eigenvalue weighted by molar-refractivity contribution is 7.96. The zero-order chi connectivity index (χ0) is 6.69. The molecule has 0 aromatic carbocycles. The second kappa shape index (κ2) is 2.99. The van der Waals surface area contributed by atoms with Gasteiger partial charge in [0.15, 0.2) is 0 Å². The third-order valence-corrected chi connectivity index (χ3v) is 1.72. The Morgan fingerprint density at radius 2 is 2.67 bits per heavy atom. The van der Waals surface area contributed by atoms with Crippen molar-refractivity contribution in [1.82, 2.24) is 15.0 Å². The SMILES string of the molecule is Cn1cc(CP=S)nn1. The number of hydrogen-bond acceptors (Lipinski definition) is 3. The first kappa shape index (κ1) is 6.78. The van der Waals surface area contributed by atoms with Gasteiger partial charge in [0.25, 0.3) is 0 Å². The Labute approximate surface area is 59.9 Å². The second-order valence-electron chi connectivity index (χ2n) is 1.67. The van der Waals surface area contributed by atoms with Crippen molar-refractivity contribution in [2.75, 3.05) is 0 Å². The van der Waals surface area contributed by atoms with Gasteiger partial charge in [-0.3, -0.25) is 4.68 Å². The molecule has 0 fully saturated rings. The minimum atomic E-state index is 0.823. The molecule has 0 radical (unpaired) electrons. The van der Waals surface area contributed by atoms with E-state index < -0.39 is 0 Å². The van der Waals surface area contributed by atoms with E-state index in [1.807, 2.05) is 13.2 Å². The molecule has 0 N–H and O–H groups in total. The molecule has 1 rings (SSSR count). The van der Waals surface area contributed by atoms with Crippen molar-refractivity contribution in [3.63, 3.8) is 0 Å². The molecule has 1 heterocycles. The van der Waals surface area contributed by atoms with Gasteiger partial charge in [-0.25, -0.2) is 0 Å². The number of nitrogens with zero attached hydrogens (tertiary/aromatic N) is 3. The predicted octanol–water partition coefficient (Wildman–Crippen LogP) is 0.723. The van der Waals surface area contributed by atoms with Gasteiger partial charge >= 0.3 is 0 Å². The molecule has 3 nitrogen and oxygen atoms in total. The molecule has 0 spiro atoms. The van der Waals surface area contributed by atoms with Gasteiger partial charge in [0, 0.05) is 19.4 Å². The maximum atomic E-state index is 4.74. The lowest BCUT2D eigenvalue weighted by Crippen LogP contribution is -1.85. The Bertz CT molecular complexity index is 209. The largest absolute Gasteiger partial charge is 0.255 e. The average molecular weight is 159 g/mol. The summed E-state index contributed by atoms with van der Waals surface area (Å²) in [6.07, 6.45) is 2.70. The molecule has 0 bridgehead atoms. The molecule has 0 amide bonds. The molecule has 0 saturated heterocycles. The van der Waals surface area contributed by atoms with Crippen LogP contribution in [-0.4, -0.2) is 15.0 Å². The van der Waals surface area contributed by atoms with Crippen molar-refractivity contribution >= 4 is 19.2 Å². The van der Waals surface area contributed by atoms with Crippen LogP contribution in [0, 0.1) is 0 Å². The lowest BCUT2D eigenvalue weighted by molar-refractivity contribution is 0.714. The first-order chi connectivity index (χ1) is 4.33. The maximum absolute atomic E-state index is 4.74. The normalized spacial score (nSPS) is 10.3. The number of aryl methyl sites for hydroxylation is 1. The summed E-state index contributed by atoms with van der Waals surface area (Å²) in [4.78, 5) is 0. The van der Waals surface area contributed by atoms with Crippen LogP contribution >= 0.6 is 7.36 Å². The molecular weight excluding hydrogens is 153 g/mol. The van der Waals surface area contributed by atoms with Crippen LogP contribution in [0.5, 0.6) is 0 Å². The molecule has 0 atom stereocenters. The van der Waals surface area contributed by atoms with E-state index in [-0.39, 0.29) is 0 Å². The van der Waals surface area contributed by atoms with Crippen LogP contribution in [0.4, 0.5) is 0 Å². The van der Waals surface area contributed by atoms with Crippen LogP contribution in [0.1, 0.15) is 5.69 Å². The van der Waals surface area contributed by atoms with Gasteiger partial charge in [-0.1, -0.05) is 17.0 Å². The van der Waals surface area contributed by atoms with Crippen molar-refractivity contribution in [1.29, 1.82) is 0 Å². The van der Waals surface area contributed by atoms with Gasteiger partial charge in [-0.15, -0.1) is 5.10 Å². The Hall–Kier alpha value is -0.340. The minimum absolute atomic E-state index is 0.823. The van der Waals surface area contributed by atoms with Crippen molar-refractivity contribution in [2.45, 2.75) is 6.16 Å². The molecule has 1 aromatic heterocycles. The fourth-order valence-corrected chi connectivity index (χ4v) is 1.21. The second-order valence-corrected chi connectivity index (χ2v) is 3.02. The van der Waals surface area contributed by atoms with Crippen molar-refractivity contribution in [2.24, 2.45) is 7.05 Å². The molecule has 0 aliphatic heterocycles. The molecule has 1 aromatic rings. The minimum Gasteiger partial charge on any atom is -0.255 e. The Morgan fingerprint density at radius 3 is 3.11 bits per heavy atom. The van der Waals surface area contributed by atoms with Crippen molar-refractivity contribution in [3.05, 3.63) is 11.9 Å². The fraction of sp³-hybridized carbons (Fsp3) is 0.500. The molecule has 9 heavy (non-hydrogen) atoms. The van der Waals surface area contributed by atoms with Crippen LogP contribution in [0.2, 0.25) is 0 Å². The van der Waals surface area contributed by atoms with E-state index in [9.17, 15) is 0 Å². The van der Waals surface area contributed by atoms with E-state index in [2.05, 4.69) is 10.3 Å². The number of hydrogen-bond donors (Lipinski definition) is 0. The van der Waals surface area contributed by atoms with Gasteiger partial charge in [0.1, 0.15) is 0 Å². The molecule has 0 saturated carbocycles. The van der Waals surface area contributed by atoms with Crippen LogP contribution in [0.3, 0.4) is 0 Å². The Balaban J connectivity index is 2.72. The van der Waals surface area contributed by atoms with Gasteiger partial charge in [-0.05, 0) is 7.36 Å². The van der Waals surface area contributed by atoms with Gasteiger partial charge in [0.2, 0.25) is 0 Å². The van der Waals surface area contributed by atoms with Gasteiger partial charge < -0.3 is 0 Å². The molecular formula is C4H6N3PS. The first-order valence-corrected chi connectivity index (χ1v) is 4.56. The lowest BCUT2D eigenvalue weighted by atomic mass is 10.6. The van der Waals surface area contributed by atoms with Crippen LogP contribution in [0.15, 0.2) is 6.20 Å². The van der Waals surface area contributed by atoms with Gasteiger partial charge in [0.05, 0.1) is 5.69 Å². The summed E-state index contributed by atoms with van der Waals surface area (Å²) in [7, 11) is 2.77. The summed E-state index contributed by atoms with van der Waals surface area (Å²) < 4.78 is 1.68. The van der Waals surface area contributed by atoms with Crippen LogP contribution < -0.4 is 0 Å². The summed E-state index contributed by atoms with van der Waals surface area (Å²) >= 11 is 4.74. The summed E-state index contributed by atoms with van der Waals surface area (Å²) in [5.41, 5.74) is 0.967. The zero-order valence-electron chi connectivity index (χ0n) is 4.98. The van der Waals surface area contributed by atoms with E-state index in [0.29, 0.717) is 0 Å². The molecule has 0 aliphatic carbocycles. The van der Waals surface area contributed by atoms with E-state index >= 15 is 0 Å². The number of rotatable bonds is 2. The standard InChI is InChI=1S/C4H6N3PS/c1-7-2-4(3-8-9)5-6-7/h2H,3H2,1H3. The van der Waals surface area contributed by atoms with Crippen molar-refractivity contribution in [3.8, 4) is 0 Å².